The van der Waals surface area contributed by atoms with Gasteiger partial charge in [-0.25, -0.2) is 0 Å². The normalized spacial score (nSPS) is 21.9. The summed E-state index contributed by atoms with van der Waals surface area (Å²) >= 11 is 1.68. The topological polar surface area (TPSA) is 40.6 Å². The van der Waals surface area contributed by atoms with Crippen molar-refractivity contribution in [2.24, 2.45) is 5.92 Å². The zero-order valence-electron chi connectivity index (χ0n) is 14.4. The summed E-state index contributed by atoms with van der Waals surface area (Å²) in [6, 6.07) is 7.83. The molecule has 2 fully saturated rings. The Labute approximate surface area is 148 Å². The first-order valence-electron chi connectivity index (χ1n) is 8.86. The molecule has 0 bridgehead atoms. The van der Waals surface area contributed by atoms with E-state index >= 15 is 0 Å². The third-order valence-corrected chi connectivity index (χ3v) is 5.82. The van der Waals surface area contributed by atoms with E-state index in [-0.39, 0.29) is 17.6 Å². The Morgan fingerprint density at radius 1 is 1.08 bits per heavy atom. The van der Waals surface area contributed by atoms with Crippen LogP contribution in [0.3, 0.4) is 0 Å². The van der Waals surface area contributed by atoms with Crippen molar-refractivity contribution in [1.82, 2.24) is 9.80 Å². The van der Waals surface area contributed by atoms with Crippen molar-refractivity contribution in [1.29, 1.82) is 0 Å². The molecule has 2 aliphatic rings. The molecule has 1 aromatic carbocycles. The van der Waals surface area contributed by atoms with Crippen molar-refractivity contribution in [3.8, 4) is 0 Å². The lowest BCUT2D eigenvalue weighted by Gasteiger charge is -2.33. The number of hydrogen-bond donors (Lipinski definition) is 0. The number of hydrogen-bond acceptors (Lipinski definition) is 4. The highest BCUT2D eigenvalue weighted by Gasteiger charge is 2.29. The molecule has 1 unspecified atom stereocenters. The number of likely N-dealkylation sites (tertiary alicyclic amines) is 2. The third-order valence-electron chi connectivity index (χ3n) is 5.08. The van der Waals surface area contributed by atoms with E-state index in [0.717, 1.165) is 42.9 Å². The standard InChI is InChI=1S/C19H26N2O2S/c1-24-17-8-6-15(7-9-17)19(23)16-5-4-12-21(13-16)18(22)14-20-10-2-3-11-20/h6-9,16H,2-5,10-14H2,1H3. The van der Waals surface area contributed by atoms with Crippen LogP contribution in [-0.4, -0.2) is 60.5 Å². The van der Waals surface area contributed by atoms with Gasteiger partial charge in [0.05, 0.1) is 6.54 Å². The molecule has 0 radical (unpaired) electrons. The lowest BCUT2D eigenvalue weighted by atomic mass is 9.90. The number of carbonyl (C=O) groups excluding carboxylic acids is 2. The predicted octanol–water partition coefficient (Wildman–Crippen LogP) is 2.93. The van der Waals surface area contributed by atoms with Gasteiger partial charge in [0.15, 0.2) is 5.78 Å². The Bertz CT molecular complexity index is 582. The SMILES string of the molecule is CSc1ccc(C(=O)C2CCCN(C(=O)CN3CCCC3)C2)cc1. The van der Waals surface area contributed by atoms with Crippen molar-refractivity contribution in [3.63, 3.8) is 0 Å². The van der Waals surface area contributed by atoms with Crippen molar-refractivity contribution in [2.75, 3.05) is 39.0 Å². The molecule has 2 saturated heterocycles. The molecule has 3 rings (SSSR count). The summed E-state index contributed by atoms with van der Waals surface area (Å²) in [6.07, 6.45) is 6.23. The van der Waals surface area contributed by atoms with Gasteiger partial charge >= 0.3 is 0 Å². The van der Waals surface area contributed by atoms with E-state index in [9.17, 15) is 9.59 Å². The minimum absolute atomic E-state index is 0.0543. The first-order valence-corrected chi connectivity index (χ1v) is 10.1. The number of piperidine rings is 1. The van der Waals surface area contributed by atoms with Gasteiger partial charge in [0.1, 0.15) is 0 Å². The molecule has 24 heavy (non-hydrogen) atoms. The average molecular weight is 346 g/mol. The second-order valence-electron chi connectivity index (χ2n) is 6.75. The first kappa shape index (κ1) is 17.5. The second kappa shape index (κ2) is 8.17. The summed E-state index contributed by atoms with van der Waals surface area (Å²) in [7, 11) is 0. The number of carbonyl (C=O) groups is 2. The monoisotopic (exact) mass is 346 g/mol. The Balaban J connectivity index is 1.59. The third kappa shape index (κ3) is 4.19. The molecule has 0 N–H and O–H groups in total. The number of rotatable bonds is 5. The van der Waals surface area contributed by atoms with Crippen LogP contribution in [0, 0.1) is 5.92 Å². The maximum Gasteiger partial charge on any atom is 0.236 e. The summed E-state index contributed by atoms with van der Waals surface area (Å²) in [6.45, 7) is 3.95. The van der Waals surface area contributed by atoms with Gasteiger partial charge in [-0.3, -0.25) is 14.5 Å². The molecule has 0 aromatic heterocycles. The molecular formula is C19H26N2O2S. The zero-order chi connectivity index (χ0) is 16.9. The number of amides is 1. The highest BCUT2D eigenvalue weighted by molar-refractivity contribution is 7.98. The molecule has 2 aliphatic heterocycles. The van der Waals surface area contributed by atoms with E-state index in [4.69, 9.17) is 0 Å². The number of ketones is 1. The summed E-state index contributed by atoms with van der Waals surface area (Å²) in [5.41, 5.74) is 0.770. The summed E-state index contributed by atoms with van der Waals surface area (Å²) < 4.78 is 0. The van der Waals surface area contributed by atoms with Gasteiger partial charge < -0.3 is 4.90 Å². The van der Waals surface area contributed by atoms with Crippen LogP contribution in [0.15, 0.2) is 29.2 Å². The van der Waals surface area contributed by atoms with Crippen LogP contribution in [0.1, 0.15) is 36.0 Å². The minimum Gasteiger partial charge on any atom is -0.341 e. The molecular weight excluding hydrogens is 320 g/mol. The lowest BCUT2D eigenvalue weighted by Crippen LogP contribution is -2.46. The molecule has 0 spiro atoms. The molecule has 1 amide bonds. The molecule has 0 saturated carbocycles. The smallest absolute Gasteiger partial charge is 0.236 e. The summed E-state index contributed by atoms with van der Waals surface area (Å²) in [4.78, 5) is 30.6. The Morgan fingerprint density at radius 3 is 2.46 bits per heavy atom. The van der Waals surface area contributed by atoms with E-state index in [1.165, 1.54) is 12.8 Å². The van der Waals surface area contributed by atoms with Gasteiger partial charge in [0.25, 0.3) is 0 Å². The zero-order valence-corrected chi connectivity index (χ0v) is 15.2. The molecule has 2 heterocycles. The van der Waals surface area contributed by atoms with E-state index in [2.05, 4.69) is 4.90 Å². The molecule has 0 aliphatic carbocycles. The quantitative estimate of drug-likeness (QED) is 0.607. The van der Waals surface area contributed by atoms with Gasteiger partial charge in [-0.2, -0.15) is 0 Å². The number of thioether (sulfide) groups is 1. The van der Waals surface area contributed by atoms with Gasteiger partial charge in [0.2, 0.25) is 5.91 Å². The number of Topliss-reactive ketones (excluding diaryl/α,β-unsaturated/α-hetero) is 1. The van der Waals surface area contributed by atoms with Gasteiger partial charge in [-0.1, -0.05) is 12.1 Å². The fraction of sp³-hybridized carbons (Fsp3) is 0.579. The average Bonchev–Trinajstić information content (AvgIpc) is 3.14. The van der Waals surface area contributed by atoms with Crippen LogP contribution in [-0.2, 0) is 4.79 Å². The first-order chi connectivity index (χ1) is 11.7. The fourth-order valence-corrected chi connectivity index (χ4v) is 4.05. The highest BCUT2D eigenvalue weighted by Crippen LogP contribution is 2.23. The van der Waals surface area contributed by atoms with E-state index in [0.29, 0.717) is 13.1 Å². The lowest BCUT2D eigenvalue weighted by molar-refractivity contribution is -0.133. The van der Waals surface area contributed by atoms with E-state index < -0.39 is 0 Å². The minimum atomic E-state index is -0.0543. The Morgan fingerprint density at radius 2 is 1.79 bits per heavy atom. The van der Waals surface area contributed by atoms with Crippen molar-refractivity contribution < 1.29 is 9.59 Å². The molecule has 130 valence electrons. The summed E-state index contributed by atoms with van der Waals surface area (Å²) in [5, 5.41) is 0. The van der Waals surface area contributed by atoms with E-state index in [1.54, 1.807) is 11.8 Å². The van der Waals surface area contributed by atoms with Gasteiger partial charge in [0, 0.05) is 29.5 Å². The van der Waals surface area contributed by atoms with Crippen LogP contribution in [0.5, 0.6) is 0 Å². The Kier molecular flexibility index (Phi) is 5.95. The van der Waals surface area contributed by atoms with Crippen LogP contribution in [0.2, 0.25) is 0 Å². The largest absolute Gasteiger partial charge is 0.341 e. The fourth-order valence-electron chi connectivity index (χ4n) is 3.64. The van der Waals surface area contributed by atoms with Crippen LogP contribution in [0.25, 0.3) is 0 Å². The number of nitrogens with zero attached hydrogens (tertiary/aromatic N) is 2. The van der Waals surface area contributed by atoms with Gasteiger partial charge in [-0.15, -0.1) is 11.8 Å². The molecule has 1 aromatic rings. The summed E-state index contributed by atoms with van der Waals surface area (Å²) in [5.74, 6) is 0.315. The van der Waals surface area contributed by atoms with E-state index in [1.807, 2.05) is 35.4 Å². The van der Waals surface area contributed by atoms with Crippen LogP contribution >= 0.6 is 11.8 Å². The number of benzene rings is 1. The molecule has 5 heteroatoms. The van der Waals surface area contributed by atoms with Crippen molar-refractivity contribution in [2.45, 2.75) is 30.6 Å². The van der Waals surface area contributed by atoms with Crippen molar-refractivity contribution >= 4 is 23.5 Å². The molecule has 4 nitrogen and oxygen atoms in total. The molecule has 1 atom stereocenters. The highest BCUT2D eigenvalue weighted by atomic mass is 32.2. The van der Waals surface area contributed by atoms with Crippen LogP contribution < -0.4 is 0 Å². The second-order valence-corrected chi connectivity index (χ2v) is 7.63. The predicted molar refractivity (Wildman–Crippen MR) is 97.5 cm³/mol. The van der Waals surface area contributed by atoms with Gasteiger partial charge in [-0.05, 0) is 57.2 Å². The maximum absolute atomic E-state index is 12.8. The Hall–Kier alpha value is -1.33. The van der Waals surface area contributed by atoms with Crippen LogP contribution in [0.4, 0.5) is 0 Å². The van der Waals surface area contributed by atoms with Crippen molar-refractivity contribution in [3.05, 3.63) is 29.8 Å². The maximum atomic E-state index is 12.8.